The van der Waals surface area contributed by atoms with Gasteiger partial charge in [-0.25, -0.2) is 0 Å². The van der Waals surface area contributed by atoms with Crippen LogP contribution in [0.1, 0.15) is 72.6 Å². The van der Waals surface area contributed by atoms with Crippen LogP contribution in [0.4, 0.5) is 0 Å². The molecule has 0 amide bonds. The van der Waals surface area contributed by atoms with Crippen molar-refractivity contribution in [1.82, 2.24) is 5.32 Å². The van der Waals surface area contributed by atoms with Gasteiger partial charge in [-0.15, -0.1) is 0 Å². The SMILES string of the molecule is CCCCCCC(C)(CNC(C)C)C1CC1. The molecule has 1 aliphatic rings. The van der Waals surface area contributed by atoms with E-state index in [1.165, 1.54) is 51.5 Å². The number of hydrogen-bond donors (Lipinski definition) is 1. The van der Waals surface area contributed by atoms with Gasteiger partial charge in [0.15, 0.2) is 0 Å². The maximum atomic E-state index is 3.65. The van der Waals surface area contributed by atoms with Crippen molar-refractivity contribution in [2.24, 2.45) is 11.3 Å². The van der Waals surface area contributed by atoms with E-state index in [0.29, 0.717) is 11.5 Å². The van der Waals surface area contributed by atoms with Gasteiger partial charge in [0, 0.05) is 12.6 Å². The highest BCUT2D eigenvalue weighted by atomic mass is 14.9. The average Bonchev–Trinajstić information content (AvgIpc) is 3.05. The van der Waals surface area contributed by atoms with Crippen LogP contribution in [0.25, 0.3) is 0 Å². The Balaban J connectivity index is 2.27. The normalized spacial score (nSPS) is 20.1. The molecule has 0 heterocycles. The fraction of sp³-hybridized carbons (Fsp3) is 1.00. The Morgan fingerprint density at radius 3 is 2.38 bits per heavy atom. The highest BCUT2D eigenvalue weighted by molar-refractivity contribution is 4.92. The van der Waals surface area contributed by atoms with Gasteiger partial charge in [-0.2, -0.15) is 0 Å². The smallest absolute Gasteiger partial charge is 0.00106 e. The molecule has 1 aliphatic carbocycles. The van der Waals surface area contributed by atoms with E-state index in [0.717, 1.165) is 5.92 Å². The highest BCUT2D eigenvalue weighted by Crippen LogP contribution is 2.48. The van der Waals surface area contributed by atoms with E-state index in [9.17, 15) is 0 Å². The molecule has 0 spiro atoms. The van der Waals surface area contributed by atoms with Crippen LogP contribution in [0.5, 0.6) is 0 Å². The first-order valence-electron chi connectivity index (χ1n) is 7.32. The van der Waals surface area contributed by atoms with Gasteiger partial charge in [-0.3, -0.25) is 0 Å². The first kappa shape index (κ1) is 14.0. The fourth-order valence-electron chi connectivity index (χ4n) is 2.61. The monoisotopic (exact) mass is 225 g/mol. The van der Waals surface area contributed by atoms with Gasteiger partial charge < -0.3 is 5.32 Å². The van der Waals surface area contributed by atoms with Crippen molar-refractivity contribution < 1.29 is 0 Å². The van der Waals surface area contributed by atoms with E-state index in [-0.39, 0.29) is 0 Å². The molecule has 0 aromatic heterocycles. The Morgan fingerprint density at radius 1 is 1.19 bits per heavy atom. The number of unbranched alkanes of at least 4 members (excludes halogenated alkanes) is 3. The van der Waals surface area contributed by atoms with E-state index in [2.05, 4.69) is 33.0 Å². The molecule has 0 saturated heterocycles. The predicted molar refractivity (Wildman–Crippen MR) is 72.7 cm³/mol. The molecule has 0 aromatic rings. The molecular weight excluding hydrogens is 194 g/mol. The molecular formula is C15H31N. The van der Waals surface area contributed by atoms with E-state index in [1.54, 1.807) is 0 Å². The van der Waals surface area contributed by atoms with Crippen LogP contribution in [-0.4, -0.2) is 12.6 Å². The van der Waals surface area contributed by atoms with Gasteiger partial charge in [0.1, 0.15) is 0 Å². The maximum absolute atomic E-state index is 3.65. The van der Waals surface area contributed by atoms with Crippen LogP contribution < -0.4 is 5.32 Å². The van der Waals surface area contributed by atoms with Crippen molar-refractivity contribution in [3.05, 3.63) is 0 Å². The summed E-state index contributed by atoms with van der Waals surface area (Å²) in [5.74, 6) is 1.01. The lowest BCUT2D eigenvalue weighted by Gasteiger charge is -2.31. The van der Waals surface area contributed by atoms with Crippen LogP contribution >= 0.6 is 0 Å². The largest absolute Gasteiger partial charge is 0.314 e. The van der Waals surface area contributed by atoms with Gasteiger partial charge in [-0.05, 0) is 30.6 Å². The van der Waals surface area contributed by atoms with E-state index in [4.69, 9.17) is 0 Å². The second-order valence-electron chi connectivity index (χ2n) is 6.27. The van der Waals surface area contributed by atoms with Crippen molar-refractivity contribution in [1.29, 1.82) is 0 Å². The number of nitrogens with one attached hydrogen (secondary N) is 1. The molecule has 0 aromatic carbocycles. The zero-order chi connectivity index (χ0) is 12.0. The lowest BCUT2D eigenvalue weighted by atomic mass is 9.79. The van der Waals surface area contributed by atoms with Crippen molar-refractivity contribution in [3.8, 4) is 0 Å². The van der Waals surface area contributed by atoms with Crippen molar-refractivity contribution in [2.75, 3.05) is 6.54 Å². The Morgan fingerprint density at radius 2 is 1.88 bits per heavy atom. The van der Waals surface area contributed by atoms with Gasteiger partial charge in [-0.1, -0.05) is 53.4 Å². The fourth-order valence-corrected chi connectivity index (χ4v) is 2.61. The molecule has 96 valence electrons. The Labute approximate surface area is 102 Å². The number of hydrogen-bond acceptors (Lipinski definition) is 1. The van der Waals surface area contributed by atoms with E-state index in [1.807, 2.05) is 0 Å². The Bertz CT molecular complexity index is 184. The maximum Gasteiger partial charge on any atom is 0.00106 e. The average molecular weight is 225 g/mol. The van der Waals surface area contributed by atoms with Gasteiger partial charge in [0.25, 0.3) is 0 Å². The topological polar surface area (TPSA) is 12.0 Å². The quantitative estimate of drug-likeness (QED) is 0.575. The lowest BCUT2D eigenvalue weighted by molar-refractivity contribution is 0.222. The molecule has 1 unspecified atom stereocenters. The van der Waals surface area contributed by atoms with Gasteiger partial charge >= 0.3 is 0 Å². The standard InChI is InChI=1S/C15H31N/c1-5-6-7-8-11-15(4,14-9-10-14)12-16-13(2)3/h13-14,16H,5-12H2,1-4H3. The summed E-state index contributed by atoms with van der Waals surface area (Å²) in [6, 6.07) is 0.633. The Kier molecular flexibility index (Phi) is 5.82. The molecule has 1 heteroatoms. The summed E-state index contributed by atoms with van der Waals surface area (Å²) in [4.78, 5) is 0. The summed E-state index contributed by atoms with van der Waals surface area (Å²) < 4.78 is 0. The second kappa shape index (κ2) is 6.64. The minimum Gasteiger partial charge on any atom is -0.314 e. The van der Waals surface area contributed by atoms with E-state index >= 15 is 0 Å². The summed E-state index contributed by atoms with van der Waals surface area (Å²) in [6.45, 7) is 10.5. The van der Waals surface area contributed by atoms with Gasteiger partial charge in [0.05, 0.1) is 0 Å². The third-order valence-electron chi connectivity index (χ3n) is 4.08. The van der Waals surface area contributed by atoms with Gasteiger partial charge in [0.2, 0.25) is 0 Å². The third-order valence-corrected chi connectivity index (χ3v) is 4.08. The zero-order valence-electron chi connectivity index (χ0n) is 11.8. The molecule has 1 nitrogen and oxygen atoms in total. The summed E-state index contributed by atoms with van der Waals surface area (Å²) in [5.41, 5.74) is 0.581. The minimum absolute atomic E-state index is 0.581. The molecule has 0 radical (unpaired) electrons. The first-order valence-corrected chi connectivity index (χ1v) is 7.32. The van der Waals surface area contributed by atoms with Crippen LogP contribution in [0.2, 0.25) is 0 Å². The Hall–Kier alpha value is -0.0400. The second-order valence-corrected chi connectivity index (χ2v) is 6.27. The first-order chi connectivity index (χ1) is 7.58. The van der Waals surface area contributed by atoms with Crippen molar-refractivity contribution >= 4 is 0 Å². The third kappa shape index (κ3) is 4.86. The molecule has 1 atom stereocenters. The predicted octanol–water partition coefficient (Wildman–Crippen LogP) is 4.37. The zero-order valence-corrected chi connectivity index (χ0v) is 11.8. The summed E-state index contributed by atoms with van der Waals surface area (Å²) >= 11 is 0. The van der Waals surface area contributed by atoms with Crippen LogP contribution in [0.3, 0.4) is 0 Å². The highest BCUT2D eigenvalue weighted by Gasteiger charge is 2.40. The van der Waals surface area contributed by atoms with Crippen molar-refractivity contribution in [3.63, 3.8) is 0 Å². The molecule has 0 aliphatic heterocycles. The molecule has 16 heavy (non-hydrogen) atoms. The van der Waals surface area contributed by atoms with Crippen molar-refractivity contribution in [2.45, 2.75) is 78.7 Å². The summed E-state index contributed by atoms with van der Waals surface area (Å²) in [6.07, 6.45) is 10.0. The molecule has 1 rings (SSSR count). The minimum atomic E-state index is 0.581. The molecule has 1 fully saturated rings. The van der Waals surface area contributed by atoms with Crippen LogP contribution in [0.15, 0.2) is 0 Å². The molecule has 0 bridgehead atoms. The summed E-state index contributed by atoms with van der Waals surface area (Å²) in [5, 5.41) is 3.65. The van der Waals surface area contributed by atoms with Crippen LogP contribution in [-0.2, 0) is 0 Å². The molecule has 1 saturated carbocycles. The molecule has 1 N–H and O–H groups in total. The van der Waals surface area contributed by atoms with E-state index < -0.39 is 0 Å². The van der Waals surface area contributed by atoms with Crippen LogP contribution in [0, 0.1) is 11.3 Å². The lowest BCUT2D eigenvalue weighted by Crippen LogP contribution is -2.37. The number of rotatable bonds is 9. The summed E-state index contributed by atoms with van der Waals surface area (Å²) in [7, 11) is 0.